The number of hydrogen-bond acceptors (Lipinski definition) is 3. The summed E-state index contributed by atoms with van der Waals surface area (Å²) in [6.45, 7) is 0. The Morgan fingerprint density at radius 1 is 0.944 bits per heavy atom. The summed E-state index contributed by atoms with van der Waals surface area (Å²) in [5.74, 6) is 1.48. The van der Waals surface area contributed by atoms with E-state index in [1.807, 2.05) is 36.4 Å². The SMILES string of the molecule is COc1ccc(-c2c(C#N)cccc2OC)cc1. The molecule has 2 aromatic carbocycles. The number of methoxy groups -OCH3 is 2. The van der Waals surface area contributed by atoms with Crippen molar-refractivity contribution in [3.8, 4) is 28.7 Å². The molecule has 0 aliphatic carbocycles. The maximum absolute atomic E-state index is 9.17. The zero-order valence-electron chi connectivity index (χ0n) is 10.3. The van der Waals surface area contributed by atoms with Gasteiger partial charge < -0.3 is 9.47 Å². The Labute approximate surface area is 106 Å². The number of nitrogens with zero attached hydrogens (tertiary/aromatic N) is 1. The van der Waals surface area contributed by atoms with E-state index in [0.29, 0.717) is 11.3 Å². The topological polar surface area (TPSA) is 42.2 Å². The fraction of sp³-hybridized carbons (Fsp3) is 0.133. The lowest BCUT2D eigenvalue weighted by Crippen LogP contribution is -1.91. The van der Waals surface area contributed by atoms with Gasteiger partial charge in [-0.15, -0.1) is 0 Å². The Morgan fingerprint density at radius 2 is 1.67 bits per heavy atom. The average Bonchev–Trinajstić information content (AvgIpc) is 2.46. The third kappa shape index (κ3) is 2.14. The summed E-state index contributed by atoms with van der Waals surface area (Å²) in [5.41, 5.74) is 2.34. The van der Waals surface area contributed by atoms with Gasteiger partial charge in [0.15, 0.2) is 0 Å². The predicted octanol–water partition coefficient (Wildman–Crippen LogP) is 3.24. The fourth-order valence-corrected chi connectivity index (χ4v) is 1.85. The van der Waals surface area contributed by atoms with Crippen LogP contribution in [0.1, 0.15) is 5.56 Å². The van der Waals surface area contributed by atoms with Crippen molar-refractivity contribution in [2.24, 2.45) is 0 Å². The molecule has 0 amide bonds. The van der Waals surface area contributed by atoms with Gasteiger partial charge in [0.25, 0.3) is 0 Å². The van der Waals surface area contributed by atoms with Crippen LogP contribution in [0.2, 0.25) is 0 Å². The second-order valence-corrected chi connectivity index (χ2v) is 3.72. The van der Waals surface area contributed by atoms with Crippen LogP contribution in [0.25, 0.3) is 11.1 Å². The molecule has 0 aromatic heterocycles. The molecule has 18 heavy (non-hydrogen) atoms. The largest absolute Gasteiger partial charge is 0.497 e. The highest BCUT2D eigenvalue weighted by Gasteiger charge is 2.11. The third-order valence-electron chi connectivity index (χ3n) is 2.75. The van der Waals surface area contributed by atoms with E-state index >= 15 is 0 Å². The second kappa shape index (κ2) is 5.24. The first-order valence-electron chi connectivity index (χ1n) is 5.51. The highest BCUT2D eigenvalue weighted by atomic mass is 16.5. The maximum Gasteiger partial charge on any atom is 0.128 e. The molecule has 0 fully saturated rings. The minimum atomic E-state index is 0.597. The Kier molecular flexibility index (Phi) is 3.49. The van der Waals surface area contributed by atoms with Gasteiger partial charge in [-0.2, -0.15) is 5.26 Å². The van der Waals surface area contributed by atoms with E-state index < -0.39 is 0 Å². The van der Waals surface area contributed by atoms with Crippen molar-refractivity contribution < 1.29 is 9.47 Å². The average molecular weight is 239 g/mol. The summed E-state index contributed by atoms with van der Waals surface area (Å²) in [6, 6.07) is 15.2. The molecule has 0 saturated heterocycles. The number of benzene rings is 2. The zero-order chi connectivity index (χ0) is 13.0. The second-order valence-electron chi connectivity index (χ2n) is 3.72. The molecule has 0 heterocycles. The molecule has 2 rings (SSSR count). The van der Waals surface area contributed by atoms with Crippen molar-refractivity contribution in [3.05, 3.63) is 48.0 Å². The molecule has 0 radical (unpaired) electrons. The summed E-state index contributed by atoms with van der Waals surface area (Å²) < 4.78 is 10.4. The minimum Gasteiger partial charge on any atom is -0.497 e. The van der Waals surface area contributed by atoms with Crippen molar-refractivity contribution >= 4 is 0 Å². The van der Waals surface area contributed by atoms with Crippen LogP contribution in [-0.2, 0) is 0 Å². The number of rotatable bonds is 3. The van der Waals surface area contributed by atoms with Gasteiger partial charge in [-0.25, -0.2) is 0 Å². The Bertz CT molecular complexity index is 582. The lowest BCUT2D eigenvalue weighted by molar-refractivity contribution is 0.414. The van der Waals surface area contributed by atoms with Crippen molar-refractivity contribution in [2.75, 3.05) is 14.2 Å². The standard InChI is InChI=1S/C15H13NO2/c1-17-13-8-6-11(7-9-13)15-12(10-16)4-3-5-14(15)18-2/h3-9H,1-2H3. The quantitative estimate of drug-likeness (QED) is 0.825. The Morgan fingerprint density at radius 3 is 2.22 bits per heavy atom. The van der Waals surface area contributed by atoms with Gasteiger partial charge in [0.2, 0.25) is 0 Å². The highest BCUT2D eigenvalue weighted by molar-refractivity contribution is 5.76. The molecule has 2 aromatic rings. The summed E-state index contributed by atoms with van der Waals surface area (Å²) in [7, 11) is 3.22. The Hall–Kier alpha value is -2.47. The molecule has 0 unspecified atom stereocenters. The summed E-state index contributed by atoms with van der Waals surface area (Å²) in [6.07, 6.45) is 0. The third-order valence-corrected chi connectivity index (χ3v) is 2.75. The normalized spacial score (nSPS) is 9.61. The van der Waals surface area contributed by atoms with Crippen LogP contribution in [0.4, 0.5) is 0 Å². The molecule has 0 saturated carbocycles. The van der Waals surface area contributed by atoms with Crippen LogP contribution in [0.5, 0.6) is 11.5 Å². The monoisotopic (exact) mass is 239 g/mol. The molecular weight excluding hydrogens is 226 g/mol. The number of ether oxygens (including phenoxy) is 2. The van der Waals surface area contributed by atoms with Gasteiger partial charge in [0, 0.05) is 5.56 Å². The van der Waals surface area contributed by atoms with E-state index in [4.69, 9.17) is 9.47 Å². The van der Waals surface area contributed by atoms with Crippen LogP contribution in [0, 0.1) is 11.3 Å². The van der Waals surface area contributed by atoms with Gasteiger partial charge in [-0.3, -0.25) is 0 Å². The molecular formula is C15H13NO2. The van der Waals surface area contributed by atoms with Gasteiger partial charge in [-0.05, 0) is 29.8 Å². The molecule has 0 spiro atoms. The van der Waals surface area contributed by atoms with Crippen molar-refractivity contribution in [2.45, 2.75) is 0 Å². The number of hydrogen-bond donors (Lipinski definition) is 0. The van der Waals surface area contributed by atoms with Crippen LogP contribution < -0.4 is 9.47 Å². The van der Waals surface area contributed by atoms with E-state index in [1.54, 1.807) is 20.3 Å². The van der Waals surface area contributed by atoms with E-state index in [0.717, 1.165) is 16.9 Å². The zero-order valence-corrected chi connectivity index (χ0v) is 10.3. The van der Waals surface area contributed by atoms with E-state index in [1.165, 1.54) is 0 Å². The van der Waals surface area contributed by atoms with Crippen LogP contribution in [-0.4, -0.2) is 14.2 Å². The summed E-state index contributed by atoms with van der Waals surface area (Å²) >= 11 is 0. The minimum absolute atomic E-state index is 0.597. The van der Waals surface area contributed by atoms with Crippen molar-refractivity contribution in [1.29, 1.82) is 5.26 Å². The molecule has 0 aliphatic heterocycles. The molecule has 3 heteroatoms. The predicted molar refractivity (Wildman–Crippen MR) is 69.7 cm³/mol. The molecule has 90 valence electrons. The van der Waals surface area contributed by atoms with Gasteiger partial charge in [-0.1, -0.05) is 18.2 Å². The molecule has 0 aliphatic rings. The molecule has 0 N–H and O–H groups in total. The molecule has 3 nitrogen and oxygen atoms in total. The molecule has 0 atom stereocenters. The fourth-order valence-electron chi connectivity index (χ4n) is 1.85. The first kappa shape index (κ1) is 12.0. The van der Waals surface area contributed by atoms with Gasteiger partial charge in [0.1, 0.15) is 11.5 Å². The summed E-state index contributed by atoms with van der Waals surface area (Å²) in [4.78, 5) is 0. The smallest absolute Gasteiger partial charge is 0.128 e. The van der Waals surface area contributed by atoms with Crippen molar-refractivity contribution in [1.82, 2.24) is 0 Å². The van der Waals surface area contributed by atoms with Crippen molar-refractivity contribution in [3.63, 3.8) is 0 Å². The first-order chi connectivity index (χ1) is 8.80. The van der Waals surface area contributed by atoms with Crippen LogP contribution in [0.3, 0.4) is 0 Å². The lowest BCUT2D eigenvalue weighted by atomic mass is 9.99. The highest BCUT2D eigenvalue weighted by Crippen LogP contribution is 2.33. The first-order valence-corrected chi connectivity index (χ1v) is 5.51. The number of nitriles is 1. The van der Waals surface area contributed by atoms with Gasteiger partial charge in [0.05, 0.1) is 25.9 Å². The lowest BCUT2D eigenvalue weighted by Gasteiger charge is -2.10. The van der Waals surface area contributed by atoms with E-state index in [9.17, 15) is 5.26 Å². The van der Waals surface area contributed by atoms with Crippen LogP contribution in [0.15, 0.2) is 42.5 Å². The van der Waals surface area contributed by atoms with Gasteiger partial charge >= 0.3 is 0 Å². The maximum atomic E-state index is 9.17. The van der Waals surface area contributed by atoms with E-state index in [-0.39, 0.29) is 0 Å². The summed E-state index contributed by atoms with van der Waals surface area (Å²) in [5, 5.41) is 9.17. The van der Waals surface area contributed by atoms with E-state index in [2.05, 4.69) is 6.07 Å². The Balaban J connectivity index is 2.58. The molecule has 0 bridgehead atoms. The van der Waals surface area contributed by atoms with Crippen LogP contribution >= 0.6 is 0 Å².